The van der Waals surface area contributed by atoms with E-state index in [1.807, 2.05) is 13.1 Å². The van der Waals surface area contributed by atoms with Crippen LogP contribution in [0.4, 0.5) is 0 Å². The Morgan fingerprint density at radius 3 is 2.75 bits per heavy atom. The molecule has 0 aliphatic heterocycles. The molecule has 0 bridgehead atoms. The highest BCUT2D eigenvalue weighted by Gasteiger charge is 2.09. The number of thiazole rings is 1. The van der Waals surface area contributed by atoms with Gasteiger partial charge in [-0.1, -0.05) is 18.2 Å². The second-order valence-corrected chi connectivity index (χ2v) is 5.13. The highest BCUT2D eigenvalue weighted by molar-refractivity contribution is 7.15. The first-order chi connectivity index (χ1) is 7.75. The molecular weight excluding hydrogens is 216 g/mol. The molecule has 0 aliphatic carbocycles. The Morgan fingerprint density at radius 1 is 1.25 bits per heavy atom. The van der Waals surface area contributed by atoms with Crippen molar-refractivity contribution in [2.75, 3.05) is 0 Å². The summed E-state index contributed by atoms with van der Waals surface area (Å²) >= 11 is 1.74. The predicted molar refractivity (Wildman–Crippen MR) is 68.8 cm³/mol. The first-order valence-electron chi connectivity index (χ1n) is 5.23. The van der Waals surface area contributed by atoms with Gasteiger partial charge in [0.05, 0.1) is 15.6 Å². The SMILES string of the molecule is Cc1ncc(-c2cc3ccccc3n2C)s1. The Hall–Kier alpha value is -1.61. The molecule has 3 aromatic rings. The number of hydrogen-bond acceptors (Lipinski definition) is 2. The Labute approximate surface area is 98.2 Å². The maximum absolute atomic E-state index is 4.31. The number of aromatic nitrogens is 2. The summed E-state index contributed by atoms with van der Waals surface area (Å²) in [6.45, 7) is 2.04. The van der Waals surface area contributed by atoms with Crippen LogP contribution in [-0.4, -0.2) is 9.55 Å². The second-order valence-electron chi connectivity index (χ2n) is 3.89. The average molecular weight is 228 g/mol. The normalized spacial score (nSPS) is 11.1. The third-order valence-electron chi connectivity index (χ3n) is 2.83. The molecule has 80 valence electrons. The number of hydrogen-bond donors (Lipinski definition) is 0. The van der Waals surface area contributed by atoms with Crippen molar-refractivity contribution in [3.05, 3.63) is 41.5 Å². The minimum absolute atomic E-state index is 1.11. The number of nitrogens with zero attached hydrogens (tertiary/aromatic N) is 2. The molecule has 3 rings (SSSR count). The number of benzene rings is 1. The maximum Gasteiger partial charge on any atom is 0.0901 e. The lowest BCUT2D eigenvalue weighted by Crippen LogP contribution is -1.88. The number of rotatable bonds is 1. The molecule has 16 heavy (non-hydrogen) atoms. The fourth-order valence-corrected chi connectivity index (χ4v) is 2.83. The average Bonchev–Trinajstić information content (AvgIpc) is 2.84. The van der Waals surface area contributed by atoms with Gasteiger partial charge in [0.2, 0.25) is 0 Å². The van der Waals surface area contributed by atoms with Crippen molar-refractivity contribution in [2.45, 2.75) is 6.92 Å². The van der Waals surface area contributed by atoms with Gasteiger partial charge < -0.3 is 4.57 Å². The Morgan fingerprint density at radius 2 is 2.06 bits per heavy atom. The molecule has 0 spiro atoms. The van der Waals surface area contributed by atoms with Gasteiger partial charge in [0, 0.05) is 24.1 Å². The van der Waals surface area contributed by atoms with Crippen LogP contribution in [0.25, 0.3) is 21.5 Å². The summed E-state index contributed by atoms with van der Waals surface area (Å²) in [5.41, 5.74) is 2.51. The van der Waals surface area contributed by atoms with Gasteiger partial charge in [-0.15, -0.1) is 11.3 Å². The summed E-state index contributed by atoms with van der Waals surface area (Å²) in [6, 6.07) is 10.7. The van der Waals surface area contributed by atoms with Gasteiger partial charge in [0.25, 0.3) is 0 Å². The molecule has 0 saturated carbocycles. The van der Waals surface area contributed by atoms with Crippen LogP contribution in [0.15, 0.2) is 36.5 Å². The third-order valence-corrected chi connectivity index (χ3v) is 3.76. The molecule has 2 aromatic heterocycles. The van der Waals surface area contributed by atoms with Gasteiger partial charge >= 0.3 is 0 Å². The van der Waals surface area contributed by atoms with Gasteiger partial charge in [-0.25, -0.2) is 4.98 Å². The zero-order chi connectivity index (χ0) is 11.1. The summed E-state index contributed by atoms with van der Waals surface area (Å²) in [5, 5.41) is 2.39. The van der Waals surface area contributed by atoms with Crippen LogP contribution in [0.3, 0.4) is 0 Å². The van der Waals surface area contributed by atoms with Crippen LogP contribution in [0.2, 0.25) is 0 Å². The quantitative estimate of drug-likeness (QED) is 0.622. The first kappa shape index (κ1) is 9.60. The van der Waals surface area contributed by atoms with Crippen molar-refractivity contribution in [1.29, 1.82) is 0 Å². The summed E-state index contributed by atoms with van der Waals surface area (Å²) in [7, 11) is 2.10. The fraction of sp³-hybridized carbons (Fsp3) is 0.154. The largest absolute Gasteiger partial charge is 0.343 e. The summed E-state index contributed by atoms with van der Waals surface area (Å²) in [5.74, 6) is 0. The van der Waals surface area contributed by atoms with Crippen molar-refractivity contribution in [3.8, 4) is 10.6 Å². The zero-order valence-electron chi connectivity index (χ0n) is 9.27. The van der Waals surface area contributed by atoms with Gasteiger partial charge in [-0.3, -0.25) is 0 Å². The number of aryl methyl sites for hydroxylation is 2. The van der Waals surface area contributed by atoms with Gasteiger partial charge in [0.15, 0.2) is 0 Å². The minimum Gasteiger partial charge on any atom is -0.343 e. The molecule has 0 radical (unpaired) electrons. The van der Waals surface area contributed by atoms with Crippen LogP contribution < -0.4 is 0 Å². The van der Waals surface area contributed by atoms with E-state index in [9.17, 15) is 0 Å². The van der Waals surface area contributed by atoms with E-state index in [1.54, 1.807) is 11.3 Å². The van der Waals surface area contributed by atoms with E-state index in [2.05, 4.69) is 46.9 Å². The van der Waals surface area contributed by atoms with E-state index in [0.29, 0.717) is 0 Å². The van der Waals surface area contributed by atoms with Gasteiger partial charge in [-0.2, -0.15) is 0 Å². The monoisotopic (exact) mass is 228 g/mol. The smallest absolute Gasteiger partial charge is 0.0901 e. The molecule has 0 amide bonds. The molecule has 1 aromatic carbocycles. The van der Waals surface area contributed by atoms with Crippen molar-refractivity contribution in [3.63, 3.8) is 0 Å². The standard InChI is InChI=1S/C13H12N2S/c1-9-14-8-13(16-9)12-7-10-5-3-4-6-11(10)15(12)2/h3-8H,1-2H3. The molecule has 0 saturated heterocycles. The minimum atomic E-state index is 1.11. The molecule has 0 unspecified atom stereocenters. The lowest BCUT2D eigenvalue weighted by Gasteiger charge is -2.00. The van der Waals surface area contributed by atoms with Crippen molar-refractivity contribution >= 4 is 22.2 Å². The fourth-order valence-electron chi connectivity index (χ4n) is 2.01. The summed E-state index contributed by atoms with van der Waals surface area (Å²) in [6.07, 6.45) is 1.95. The Bertz CT molecular complexity index is 649. The highest BCUT2D eigenvalue weighted by Crippen LogP contribution is 2.30. The molecule has 2 nitrogen and oxygen atoms in total. The van der Waals surface area contributed by atoms with Crippen molar-refractivity contribution < 1.29 is 0 Å². The Balaban J connectivity index is 2.28. The lowest BCUT2D eigenvalue weighted by molar-refractivity contribution is 0.980. The summed E-state index contributed by atoms with van der Waals surface area (Å²) in [4.78, 5) is 5.54. The van der Waals surface area contributed by atoms with E-state index in [1.165, 1.54) is 21.5 Å². The van der Waals surface area contributed by atoms with Crippen molar-refractivity contribution in [1.82, 2.24) is 9.55 Å². The lowest BCUT2D eigenvalue weighted by atomic mass is 10.2. The topological polar surface area (TPSA) is 17.8 Å². The molecule has 0 atom stereocenters. The highest BCUT2D eigenvalue weighted by atomic mass is 32.1. The van der Waals surface area contributed by atoms with E-state index in [-0.39, 0.29) is 0 Å². The van der Waals surface area contributed by atoms with Gasteiger partial charge in [0.1, 0.15) is 0 Å². The molecule has 0 aliphatic rings. The number of fused-ring (bicyclic) bond motifs is 1. The summed E-state index contributed by atoms with van der Waals surface area (Å²) < 4.78 is 2.22. The van der Waals surface area contributed by atoms with Crippen molar-refractivity contribution in [2.24, 2.45) is 7.05 Å². The molecule has 2 heterocycles. The van der Waals surface area contributed by atoms with Gasteiger partial charge in [-0.05, 0) is 19.1 Å². The molecule has 0 N–H and O–H groups in total. The molecular formula is C13H12N2S. The van der Waals surface area contributed by atoms with Crippen LogP contribution in [0.1, 0.15) is 5.01 Å². The zero-order valence-corrected chi connectivity index (χ0v) is 10.1. The van der Waals surface area contributed by atoms with E-state index in [0.717, 1.165) is 5.01 Å². The van der Waals surface area contributed by atoms with Crippen LogP contribution in [0, 0.1) is 6.92 Å². The van der Waals surface area contributed by atoms with Crippen LogP contribution >= 0.6 is 11.3 Å². The van der Waals surface area contributed by atoms with Crippen LogP contribution in [0.5, 0.6) is 0 Å². The molecule has 3 heteroatoms. The third kappa shape index (κ3) is 1.36. The van der Waals surface area contributed by atoms with E-state index in [4.69, 9.17) is 0 Å². The Kier molecular flexibility index (Phi) is 2.07. The first-order valence-corrected chi connectivity index (χ1v) is 6.04. The maximum atomic E-state index is 4.31. The van der Waals surface area contributed by atoms with E-state index >= 15 is 0 Å². The molecule has 0 fully saturated rings. The predicted octanol–water partition coefficient (Wildman–Crippen LogP) is 3.61. The van der Waals surface area contributed by atoms with E-state index < -0.39 is 0 Å². The number of para-hydroxylation sites is 1. The second kappa shape index (κ2) is 3.46. The van der Waals surface area contributed by atoms with Crippen LogP contribution in [-0.2, 0) is 7.05 Å².